The average Bonchev–Trinajstić information content (AvgIpc) is 3.22. The third kappa shape index (κ3) is 4.04. The fourth-order valence-corrected chi connectivity index (χ4v) is 4.14. The van der Waals surface area contributed by atoms with E-state index in [0.29, 0.717) is 18.7 Å². The molecule has 2 atom stereocenters. The second-order valence-electron chi connectivity index (χ2n) is 7.46. The molecule has 0 N–H and O–H groups in total. The third-order valence-corrected chi connectivity index (χ3v) is 5.55. The maximum absolute atomic E-state index is 13.3. The van der Waals surface area contributed by atoms with Gasteiger partial charge < -0.3 is 14.5 Å². The predicted octanol–water partition coefficient (Wildman–Crippen LogP) is 3.07. The molecule has 1 aromatic heterocycles. The summed E-state index contributed by atoms with van der Waals surface area (Å²) in [6.07, 6.45) is 4.17. The summed E-state index contributed by atoms with van der Waals surface area (Å²) in [5.41, 5.74) is 2.69. The fourth-order valence-electron chi connectivity index (χ4n) is 4.14. The lowest BCUT2D eigenvalue weighted by molar-refractivity contribution is -0.0707. The van der Waals surface area contributed by atoms with Crippen molar-refractivity contribution in [3.63, 3.8) is 0 Å². The van der Waals surface area contributed by atoms with Gasteiger partial charge in [-0.2, -0.15) is 0 Å². The molecule has 2 aromatic rings. The Labute approximate surface area is 161 Å². The molecule has 1 aromatic carbocycles. The van der Waals surface area contributed by atoms with E-state index in [-0.39, 0.29) is 18.1 Å². The van der Waals surface area contributed by atoms with Crippen LogP contribution in [-0.2, 0) is 4.74 Å². The number of carbonyl (C=O) groups is 1. The highest BCUT2D eigenvalue weighted by atomic mass is 16.5. The summed E-state index contributed by atoms with van der Waals surface area (Å²) in [4.78, 5) is 22.0. The number of aryl methyl sites for hydroxylation is 1. The number of carbonyl (C=O) groups excluding carboxylic acids is 1. The first kappa shape index (κ1) is 18.1. The molecule has 0 radical (unpaired) electrons. The Balaban J connectivity index is 1.63. The van der Waals surface area contributed by atoms with Crippen LogP contribution in [0, 0.1) is 6.92 Å². The van der Waals surface area contributed by atoms with Crippen LogP contribution in [0.25, 0.3) is 0 Å². The van der Waals surface area contributed by atoms with Crippen LogP contribution in [0.1, 0.15) is 40.5 Å². The number of nitrogens with zero attached hydrogens (tertiary/aromatic N) is 3. The number of pyridine rings is 1. The Morgan fingerprint density at radius 1 is 1.11 bits per heavy atom. The normalized spacial score (nSPS) is 23.5. The van der Waals surface area contributed by atoms with E-state index in [9.17, 15) is 4.79 Å². The first-order valence-electron chi connectivity index (χ1n) is 9.85. The maximum Gasteiger partial charge on any atom is 0.256 e. The molecule has 3 heterocycles. The number of benzene rings is 1. The molecule has 2 saturated heterocycles. The van der Waals surface area contributed by atoms with Gasteiger partial charge in [-0.15, -0.1) is 0 Å². The molecule has 1 amide bonds. The molecular formula is C22H27N3O2. The standard InChI is InChI=1S/C22H27N3O2/c1-17-9-10-19(15-23-17)22(26)25-13-14-27-20(16-24-11-5-6-12-24)21(25)18-7-3-2-4-8-18/h2-4,7-10,15,20-21H,5-6,11-14,16H2,1H3/t20-,21-/m0/s1. The van der Waals surface area contributed by atoms with Gasteiger partial charge in [-0.1, -0.05) is 30.3 Å². The van der Waals surface area contributed by atoms with Gasteiger partial charge in [0.25, 0.3) is 5.91 Å². The lowest BCUT2D eigenvalue weighted by Gasteiger charge is -2.42. The first-order chi connectivity index (χ1) is 13.2. The van der Waals surface area contributed by atoms with Crippen LogP contribution >= 0.6 is 0 Å². The van der Waals surface area contributed by atoms with Crippen molar-refractivity contribution in [3.8, 4) is 0 Å². The zero-order chi connectivity index (χ0) is 18.6. The van der Waals surface area contributed by atoms with Crippen LogP contribution < -0.4 is 0 Å². The van der Waals surface area contributed by atoms with Crippen molar-refractivity contribution in [1.82, 2.24) is 14.8 Å². The van der Waals surface area contributed by atoms with Crippen LogP contribution in [0.2, 0.25) is 0 Å². The summed E-state index contributed by atoms with van der Waals surface area (Å²) in [7, 11) is 0. The molecule has 2 aliphatic heterocycles. The molecule has 142 valence electrons. The van der Waals surface area contributed by atoms with E-state index >= 15 is 0 Å². The van der Waals surface area contributed by atoms with E-state index < -0.39 is 0 Å². The Kier molecular flexibility index (Phi) is 5.50. The number of likely N-dealkylation sites (tertiary alicyclic amines) is 1. The predicted molar refractivity (Wildman–Crippen MR) is 105 cm³/mol. The summed E-state index contributed by atoms with van der Waals surface area (Å²) >= 11 is 0. The number of hydrogen-bond acceptors (Lipinski definition) is 4. The minimum absolute atomic E-state index is 0.0124. The molecule has 0 aliphatic carbocycles. The number of ether oxygens (including phenoxy) is 1. The quantitative estimate of drug-likeness (QED) is 0.835. The van der Waals surface area contributed by atoms with Gasteiger partial charge in [-0.25, -0.2) is 0 Å². The molecule has 2 aliphatic rings. The summed E-state index contributed by atoms with van der Waals surface area (Å²) in [6, 6.07) is 14.0. The smallest absolute Gasteiger partial charge is 0.256 e. The van der Waals surface area contributed by atoms with Crippen molar-refractivity contribution < 1.29 is 9.53 Å². The second-order valence-corrected chi connectivity index (χ2v) is 7.46. The van der Waals surface area contributed by atoms with Gasteiger partial charge in [0.2, 0.25) is 0 Å². The minimum Gasteiger partial charge on any atom is -0.373 e. The molecule has 5 heteroatoms. The van der Waals surface area contributed by atoms with Crippen LogP contribution in [0.15, 0.2) is 48.7 Å². The summed E-state index contributed by atoms with van der Waals surface area (Å²) in [6.45, 7) is 6.22. The van der Waals surface area contributed by atoms with E-state index in [1.165, 1.54) is 12.8 Å². The van der Waals surface area contributed by atoms with Gasteiger partial charge in [0, 0.05) is 25.0 Å². The highest BCUT2D eigenvalue weighted by Crippen LogP contribution is 2.32. The van der Waals surface area contributed by atoms with Gasteiger partial charge in [0.15, 0.2) is 0 Å². The van der Waals surface area contributed by atoms with Gasteiger partial charge >= 0.3 is 0 Å². The molecule has 4 rings (SSSR count). The largest absolute Gasteiger partial charge is 0.373 e. The Hall–Kier alpha value is -2.24. The third-order valence-electron chi connectivity index (χ3n) is 5.55. The SMILES string of the molecule is Cc1ccc(C(=O)N2CCO[C@@H](CN3CCCC3)[C@@H]2c2ccccc2)cn1. The highest BCUT2D eigenvalue weighted by molar-refractivity contribution is 5.94. The molecule has 5 nitrogen and oxygen atoms in total. The van der Waals surface area contributed by atoms with Crippen LogP contribution in [0.3, 0.4) is 0 Å². The number of aromatic nitrogens is 1. The molecule has 27 heavy (non-hydrogen) atoms. The Bertz CT molecular complexity index is 757. The Morgan fingerprint density at radius 3 is 2.59 bits per heavy atom. The monoisotopic (exact) mass is 365 g/mol. The van der Waals surface area contributed by atoms with E-state index in [4.69, 9.17) is 4.74 Å². The van der Waals surface area contributed by atoms with E-state index in [1.807, 2.05) is 42.2 Å². The lowest BCUT2D eigenvalue weighted by Crippen LogP contribution is -2.51. The van der Waals surface area contributed by atoms with Gasteiger partial charge in [0.1, 0.15) is 0 Å². The van der Waals surface area contributed by atoms with Crippen LogP contribution in [-0.4, -0.2) is 59.6 Å². The Morgan fingerprint density at radius 2 is 1.89 bits per heavy atom. The number of morpholine rings is 1. The number of amides is 1. The number of rotatable bonds is 4. The summed E-state index contributed by atoms with van der Waals surface area (Å²) in [5, 5.41) is 0. The number of hydrogen-bond donors (Lipinski definition) is 0. The van der Waals surface area contributed by atoms with E-state index in [2.05, 4.69) is 22.0 Å². The molecule has 2 fully saturated rings. The van der Waals surface area contributed by atoms with Gasteiger partial charge in [-0.3, -0.25) is 9.78 Å². The molecule has 0 bridgehead atoms. The summed E-state index contributed by atoms with van der Waals surface area (Å²) in [5.74, 6) is 0.0334. The fraction of sp³-hybridized carbons (Fsp3) is 0.455. The zero-order valence-electron chi connectivity index (χ0n) is 15.9. The van der Waals surface area contributed by atoms with Crippen LogP contribution in [0.4, 0.5) is 0 Å². The molecule has 0 saturated carbocycles. The molecule has 0 spiro atoms. The van der Waals surface area contributed by atoms with Gasteiger partial charge in [0.05, 0.1) is 24.3 Å². The second kappa shape index (κ2) is 8.19. The maximum atomic E-state index is 13.3. The topological polar surface area (TPSA) is 45.7 Å². The first-order valence-corrected chi connectivity index (χ1v) is 9.85. The highest BCUT2D eigenvalue weighted by Gasteiger charge is 2.37. The van der Waals surface area contributed by atoms with Crippen molar-refractivity contribution in [2.24, 2.45) is 0 Å². The minimum atomic E-state index is -0.0747. The van der Waals surface area contributed by atoms with Crippen molar-refractivity contribution in [3.05, 3.63) is 65.5 Å². The van der Waals surface area contributed by atoms with Crippen molar-refractivity contribution in [1.29, 1.82) is 0 Å². The lowest BCUT2D eigenvalue weighted by atomic mass is 9.96. The molecular weight excluding hydrogens is 338 g/mol. The van der Waals surface area contributed by atoms with E-state index in [0.717, 1.165) is 30.9 Å². The molecule has 0 unspecified atom stereocenters. The summed E-state index contributed by atoms with van der Waals surface area (Å²) < 4.78 is 6.19. The average molecular weight is 365 g/mol. The van der Waals surface area contributed by atoms with Gasteiger partial charge in [-0.05, 0) is 50.6 Å². The van der Waals surface area contributed by atoms with E-state index in [1.54, 1.807) is 6.20 Å². The van der Waals surface area contributed by atoms with Crippen molar-refractivity contribution in [2.75, 3.05) is 32.8 Å². The van der Waals surface area contributed by atoms with Crippen LogP contribution in [0.5, 0.6) is 0 Å². The zero-order valence-corrected chi connectivity index (χ0v) is 15.9. The van der Waals surface area contributed by atoms with Crippen molar-refractivity contribution >= 4 is 5.91 Å². The van der Waals surface area contributed by atoms with Crippen molar-refractivity contribution in [2.45, 2.75) is 31.9 Å².